The van der Waals surface area contributed by atoms with Crippen LogP contribution in [0.2, 0.25) is 5.28 Å². The summed E-state index contributed by atoms with van der Waals surface area (Å²) in [5.74, 6) is 1.37. The average Bonchev–Trinajstić information content (AvgIpc) is 3.22. The van der Waals surface area contributed by atoms with Crippen LogP contribution in [-0.2, 0) is 6.54 Å². The van der Waals surface area contributed by atoms with Crippen molar-refractivity contribution in [3.05, 3.63) is 49.2 Å². The van der Waals surface area contributed by atoms with Crippen molar-refractivity contribution in [3.63, 3.8) is 0 Å². The summed E-state index contributed by atoms with van der Waals surface area (Å²) in [6, 6.07) is 4.17. The lowest BCUT2D eigenvalue weighted by molar-refractivity contribution is 0.625. The van der Waals surface area contributed by atoms with Crippen LogP contribution in [0.3, 0.4) is 0 Å². The van der Waals surface area contributed by atoms with Gasteiger partial charge in [-0.3, -0.25) is 0 Å². The lowest BCUT2D eigenvalue weighted by Gasteiger charge is -2.16. The number of fused-ring (bicyclic) bond motifs is 1. The molecule has 1 N–H and O–H groups in total. The SMILES string of the molecule is Clc1nc(NCc2cccs2)c2sc(C3CC=CCC3)c(Br)c2n1. The normalized spacial score (nSPS) is 17.5. The van der Waals surface area contributed by atoms with Crippen LogP contribution in [0.5, 0.6) is 0 Å². The molecular weight excluding hydrogens is 426 g/mol. The van der Waals surface area contributed by atoms with Gasteiger partial charge in [-0.15, -0.1) is 22.7 Å². The smallest absolute Gasteiger partial charge is 0.225 e. The molecule has 0 spiro atoms. The van der Waals surface area contributed by atoms with Crippen LogP contribution in [0.4, 0.5) is 5.82 Å². The summed E-state index contributed by atoms with van der Waals surface area (Å²) in [7, 11) is 0. The van der Waals surface area contributed by atoms with E-state index in [9.17, 15) is 0 Å². The van der Waals surface area contributed by atoms with Crippen LogP contribution in [0.1, 0.15) is 34.9 Å². The lowest BCUT2D eigenvalue weighted by Crippen LogP contribution is -2.01. The first-order valence-electron chi connectivity index (χ1n) is 7.79. The van der Waals surface area contributed by atoms with Crippen LogP contribution in [0.25, 0.3) is 10.2 Å². The average molecular weight is 441 g/mol. The molecule has 3 nitrogen and oxygen atoms in total. The minimum Gasteiger partial charge on any atom is -0.364 e. The highest BCUT2D eigenvalue weighted by Gasteiger charge is 2.23. The molecule has 1 atom stereocenters. The molecule has 0 radical (unpaired) electrons. The number of thiophene rings is 2. The van der Waals surface area contributed by atoms with E-state index in [0.29, 0.717) is 5.92 Å². The minimum absolute atomic E-state index is 0.282. The second-order valence-electron chi connectivity index (χ2n) is 5.71. The monoisotopic (exact) mass is 439 g/mol. The Kier molecular flexibility index (Phi) is 4.90. The Morgan fingerprint density at radius 1 is 1.33 bits per heavy atom. The van der Waals surface area contributed by atoms with Gasteiger partial charge in [0.2, 0.25) is 5.28 Å². The van der Waals surface area contributed by atoms with E-state index in [1.165, 1.54) is 16.2 Å². The standard InChI is InChI=1S/C17H15BrClN3S2/c18-12-13-15(24-14(12)10-5-2-1-3-6-10)16(22-17(19)21-13)20-9-11-7-4-8-23-11/h1-2,4,7-8,10H,3,5-6,9H2,(H,20,21,22). The summed E-state index contributed by atoms with van der Waals surface area (Å²) in [5, 5.41) is 5.79. The van der Waals surface area contributed by atoms with E-state index in [0.717, 1.165) is 39.9 Å². The summed E-state index contributed by atoms with van der Waals surface area (Å²) in [6.07, 6.45) is 7.95. The van der Waals surface area contributed by atoms with Crippen molar-refractivity contribution in [2.45, 2.75) is 31.7 Å². The second-order valence-corrected chi connectivity index (χ2v) is 8.93. The first-order valence-corrected chi connectivity index (χ1v) is 10.7. The third-order valence-electron chi connectivity index (χ3n) is 4.12. The molecule has 124 valence electrons. The predicted molar refractivity (Wildman–Crippen MR) is 108 cm³/mol. The van der Waals surface area contributed by atoms with Crippen LogP contribution in [0, 0.1) is 0 Å². The molecule has 0 bridgehead atoms. The van der Waals surface area contributed by atoms with E-state index < -0.39 is 0 Å². The molecule has 0 aromatic carbocycles. The number of halogens is 2. The van der Waals surface area contributed by atoms with Crippen LogP contribution in [0.15, 0.2) is 34.1 Å². The molecule has 1 unspecified atom stereocenters. The highest BCUT2D eigenvalue weighted by molar-refractivity contribution is 9.10. The highest BCUT2D eigenvalue weighted by atomic mass is 79.9. The zero-order valence-corrected chi connectivity index (χ0v) is 16.7. The van der Waals surface area contributed by atoms with E-state index in [4.69, 9.17) is 11.6 Å². The van der Waals surface area contributed by atoms with Crippen LogP contribution >= 0.6 is 50.2 Å². The number of hydrogen-bond donors (Lipinski definition) is 1. The van der Waals surface area contributed by atoms with E-state index in [1.807, 2.05) is 0 Å². The van der Waals surface area contributed by atoms with Crippen molar-refractivity contribution in [3.8, 4) is 0 Å². The summed E-state index contributed by atoms with van der Waals surface area (Å²) < 4.78 is 2.15. The zero-order chi connectivity index (χ0) is 16.5. The van der Waals surface area contributed by atoms with Gasteiger partial charge < -0.3 is 5.32 Å². The topological polar surface area (TPSA) is 37.8 Å². The molecule has 0 fully saturated rings. The molecule has 24 heavy (non-hydrogen) atoms. The lowest BCUT2D eigenvalue weighted by atomic mass is 9.93. The molecule has 0 saturated heterocycles. The molecule has 0 saturated carbocycles. The zero-order valence-electron chi connectivity index (χ0n) is 12.8. The van der Waals surface area contributed by atoms with Gasteiger partial charge in [0.1, 0.15) is 11.3 Å². The van der Waals surface area contributed by atoms with E-state index in [2.05, 4.69) is 60.9 Å². The Morgan fingerprint density at radius 2 is 2.25 bits per heavy atom. The first kappa shape index (κ1) is 16.5. The maximum Gasteiger partial charge on any atom is 0.225 e. The van der Waals surface area contributed by atoms with Crippen LogP contribution < -0.4 is 5.32 Å². The van der Waals surface area contributed by atoms with E-state index in [-0.39, 0.29) is 5.28 Å². The summed E-state index contributed by atoms with van der Waals surface area (Å²) in [4.78, 5) is 11.5. The van der Waals surface area contributed by atoms with Gasteiger partial charge in [0.25, 0.3) is 0 Å². The maximum absolute atomic E-state index is 6.16. The van der Waals surface area contributed by atoms with Gasteiger partial charge in [-0.1, -0.05) is 18.2 Å². The second kappa shape index (κ2) is 7.12. The first-order chi connectivity index (χ1) is 11.7. The molecule has 0 amide bonds. The van der Waals surface area contributed by atoms with Crippen molar-refractivity contribution in [2.75, 3.05) is 5.32 Å². The number of anilines is 1. The van der Waals surface area contributed by atoms with Crippen molar-refractivity contribution >= 4 is 66.2 Å². The third kappa shape index (κ3) is 3.25. The Hall–Kier alpha value is -0.950. The fourth-order valence-corrected chi connectivity index (χ4v) is 5.98. The molecule has 3 aromatic rings. The predicted octanol–water partition coefficient (Wildman–Crippen LogP) is 6.60. The molecule has 4 rings (SSSR count). The van der Waals surface area contributed by atoms with Crippen LogP contribution in [-0.4, -0.2) is 9.97 Å². The third-order valence-corrected chi connectivity index (χ3v) is 7.58. The molecule has 1 aliphatic rings. The van der Waals surface area contributed by atoms with Gasteiger partial charge in [-0.2, -0.15) is 4.98 Å². The highest BCUT2D eigenvalue weighted by Crippen LogP contribution is 2.45. The Labute approximate surface area is 161 Å². The largest absolute Gasteiger partial charge is 0.364 e. The minimum atomic E-state index is 0.282. The van der Waals surface area contributed by atoms with Gasteiger partial charge in [0, 0.05) is 9.75 Å². The molecule has 3 aromatic heterocycles. The van der Waals surface area contributed by atoms with E-state index in [1.54, 1.807) is 22.7 Å². The van der Waals surface area contributed by atoms with Gasteiger partial charge in [-0.05, 0) is 64.2 Å². The summed E-state index contributed by atoms with van der Waals surface area (Å²) in [6.45, 7) is 0.747. The molecule has 3 heterocycles. The summed E-state index contributed by atoms with van der Waals surface area (Å²) >= 11 is 13.4. The number of hydrogen-bond acceptors (Lipinski definition) is 5. The van der Waals surface area contributed by atoms with Crippen molar-refractivity contribution < 1.29 is 0 Å². The summed E-state index contributed by atoms with van der Waals surface area (Å²) in [5.41, 5.74) is 0.915. The number of nitrogens with one attached hydrogen (secondary N) is 1. The van der Waals surface area contributed by atoms with Crippen molar-refractivity contribution in [1.82, 2.24) is 9.97 Å². The number of aromatic nitrogens is 2. The van der Waals surface area contributed by atoms with E-state index >= 15 is 0 Å². The Bertz CT molecular complexity index is 889. The number of allylic oxidation sites excluding steroid dienone is 2. The molecular formula is C17H15BrClN3S2. The fourth-order valence-electron chi connectivity index (χ4n) is 2.94. The Balaban J connectivity index is 1.72. The maximum atomic E-state index is 6.16. The number of rotatable bonds is 4. The van der Waals surface area contributed by atoms with Crippen molar-refractivity contribution in [1.29, 1.82) is 0 Å². The van der Waals surface area contributed by atoms with Gasteiger partial charge in [-0.25, -0.2) is 4.98 Å². The molecule has 7 heteroatoms. The van der Waals surface area contributed by atoms with Crippen molar-refractivity contribution in [2.24, 2.45) is 0 Å². The van der Waals surface area contributed by atoms with Gasteiger partial charge in [0.05, 0.1) is 15.7 Å². The number of nitrogens with zero attached hydrogens (tertiary/aromatic N) is 2. The van der Waals surface area contributed by atoms with Gasteiger partial charge in [0.15, 0.2) is 0 Å². The Morgan fingerprint density at radius 3 is 3.00 bits per heavy atom. The quantitative estimate of drug-likeness (QED) is 0.366. The molecule has 0 aliphatic heterocycles. The van der Waals surface area contributed by atoms with Gasteiger partial charge >= 0.3 is 0 Å². The molecule has 1 aliphatic carbocycles. The fraction of sp³-hybridized carbons (Fsp3) is 0.294.